The first-order chi connectivity index (χ1) is 9.22. The first-order valence-electron chi connectivity index (χ1n) is 7.61. The van der Waals surface area contributed by atoms with Gasteiger partial charge in [-0.2, -0.15) is 0 Å². The molecule has 1 aromatic carbocycles. The zero-order valence-electron chi connectivity index (χ0n) is 12.7. The number of ether oxygens (including phenoxy) is 1. The molecule has 0 spiro atoms. The molecule has 0 aliphatic rings. The van der Waals surface area contributed by atoms with Crippen LogP contribution in [0.2, 0.25) is 0 Å². The van der Waals surface area contributed by atoms with Gasteiger partial charge in [-0.25, -0.2) is 0 Å². The summed E-state index contributed by atoms with van der Waals surface area (Å²) in [7, 11) is 0. The second-order valence-electron chi connectivity index (χ2n) is 5.39. The maximum Gasteiger partial charge on any atom is 0.0591 e. The number of aryl methyl sites for hydroxylation is 1. The topological polar surface area (TPSA) is 21.3 Å². The van der Waals surface area contributed by atoms with Crippen molar-refractivity contribution in [3.63, 3.8) is 0 Å². The van der Waals surface area contributed by atoms with E-state index in [1.807, 2.05) is 0 Å². The van der Waals surface area contributed by atoms with E-state index in [0.29, 0.717) is 6.04 Å². The van der Waals surface area contributed by atoms with E-state index >= 15 is 0 Å². The standard InChI is InChI=1S/C17H29NO/c1-4-5-6-16-7-9-17(10-8-16)11-13-19-14-12-18-15(2)3/h7-10,15,18H,4-6,11-14H2,1-3H3. The van der Waals surface area contributed by atoms with Gasteiger partial charge in [-0.3, -0.25) is 0 Å². The fourth-order valence-electron chi connectivity index (χ4n) is 1.97. The lowest BCUT2D eigenvalue weighted by molar-refractivity contribution is 0.137. The quantitative estimate of drug-likeness (QED) is 0.651. The number of hydrogen-bond donors (Lipinski definition) is 1. The van der Waals surface area contributed by atoms with Gasteiger partial charge in [0.2, 0.25) is 0 Å². The maximum atomic E-state index is 5.62. The lowest BCUT2D eigenvalue weighted by Gasteiger charge is -2.09. The Kier molecular flexibility index (Phi) is 8.52. The highest BCUT2D eigenvalue weighted by Crippen LogP contribution is 2.08. The summed E-state index contributed by atoms with van der Waals surface area (Å²) in [6, 6.07) is 9.53. The van der Waals surface area contributed by atoms with Crippen LogP contribution in [-0.2, 0) is 17.6 Å². The van der Waals surface area contributed by atoms with Crippen molar-refractivity contribution in [1.82, 2.24) is 5.32 Å². The molecular formula is C17H29NO. The van der Waals surface area contributed by atoms with Crippen LogP contribution < -0.4 is 5.32 Å². The van der Waals surface area contributed by atoms with Gasteiger partial charge < -0.3 is 10.1 Å². The maximum absolute atomic E-state index is 5.62. The third-order valence-corrected chi connectivity index (χ3v) is 3.18. The second kappa shape index (κ2) is 9.99. The Balaban J connectivity index is 2.12. The van der Waals surface area contributed by atoms with Gasteiger partial charge in [-0.05, 0) is 30.4 Å². The van der Waals surface area contributed by atoms with Crippen molar-refractivity contribution in [2.75, 3.05) is 19.8 Å². The van der Waals surface area contributed by atoms with E-state index in [0.717, 1.165) is 26.2 Å². The molecule has 0 bridgehead atoms. The van der Waals surface area contributed by atoms with E-state index < -0.39 is 0 Å². The summed E-state index contributed by atoms with van der Waals surface area (Å²) in [4.78, 5) is 0. The molecule has 1 N–H and O–H groups in total. The molecule has 0 amide bonds. The van der Waals surface area contributed by atoms with Crippen LogP contribution in [0.15, 0.2) is 24.3 Å². The lowest BCUT2D eigenvalue weighted by atomic mass is 10.1. The summed E-state index contributed by atoms with van der Waals surface area (Å²) < 4.78 is 5.62. The van der Waals surface area contributed by atoms with Crippen molar-refractivity contribution >= 4 is 0 Å². The average Bonchev–Trinajstić information content (AvgIpc) is 2.41. The van der Waals surface area contributed by atoms with E-state index in [9.17, 15) is 0 Å². The number of benzene rings is 1. The Bertz CT molecular complexity index is 319. The van der Waals surface area contributed by atoms with E-state index in [2.05, 4.69) is 50.4 Å². The molecule has 1 rings (SSSR count). The van der Waals surface area contributed by atoms with Gasteiger partial charge in [-0.15, -0.1) is 0 Å². The van der Waals surface area contributed by atoms with Gasteiger partial charge >= 0.3 is 0 Å². The Labute approximate surface area is 118 Å². The number of nitrogens with one attached hydrogen (secondary N) is 1. The minimum atomic E-state index is 0.541. The minimum Gasteiger partial charge on any atom is -0.380 e. The molecular weight excluding hydrogens is 234 g/mol. The van der Waals surface area contributed by atoms with Crippen molar-refractivity contribution in [2.24, 2.45) is 0 Å². The Morgan fingerprint density at radius 1 is 1.00 bits per heavy atom. The highest BCUT2D eigenvalue weighted by Gasteiger charge is 1.96. The molecule has 0 radical (unpaired) electrons. The van der Waals surface area contributed by atoms with E-state index in [-0.39, 0.29) is 0 Å². The monoisotopic (exact) mass is 263 g/mol. The van der Waals surface area contributed by atoms with Gasteiger partial charge in [-0.1, -0.05) is 51.5 Å². The van der Waals surface area contributed by atoms with Crippen LogP contribution in [0.5, 0.6) is 0 Å². The summed E-state index contributed by atoms with van der Waals surface area (Å²) in [5.41, 5.74) is 2.82. The molecule has 0 heterocycles. The normalized spacial score (nSPS) is 11.2. The fourth-order valence-corrected chi connectivity index (χ4v) is 1.97. The Morgan fingerprint density at radius 3 is 2.21 bits per heavy atom. The number of hydrogen-bond acceptors (Lipinski definition) is 2. The largest absolute Gasteiger partial charge is 0.380 e. The summed E-state index contributed by atoms with van der Waals surface area (Å²) in [6.07, 6.45) is 4.76. The average molecular weight is 263 g/mol. The zero-order valence-corrected chi connectivity index (χ0v) is 12.7. The zero-order chi connectivity index (χ0) is 13.9. The van der Waals surface area contributed by atoms with Crippen molar-refractivity contribution in [2.45, 2.75) is 52.5 Å². The molecule has 0 atom stereocenters. The Morgan fingerprint density at radius 2 is 1.63 bits per heavy atom. The second-order valence-corrected chi connectivity index (χ2v) is 5.39. The van der Waals surface area contributed by atoms with Crippen molar-refractivity contribution < 1.29 is 4.74 Å². The van der Waals surface area contributed by atoms with Crippen molar-refractivity contribution in [3.05, 3.63) is 35.4 Å². The SMILES string of the molecule is CCCCc1ccc(CCOCCNC(C)C)cc1. The molecule has 0 aliphatic carbocycles. The predicted octanol–water partition coefficient (Wildman–Crippen LogP) is 3.59. The minimum absolute atomic E-state index is 0.541. The summed E-state index contributed by atoms with van der Waals surface area (Å²) in [6.45, 7) is 9.09. The molecule has 2 nitrogen and oxygen atoms in total. The van der Waals surface area contributed by atoms with Crippen LogP contribution in [0.25, 0.3) is 0 Å². The first-order valence-corrected chi connectivity index (χ1v) is 7.61. The highest BCUT2D eigenvalue weighted by atomic mass is 16.5. The Hall–Kier alpha value is -0.860. The van der Waals surface area contributed by atoms with Gasteiger partial charge in [0.25, 0.3) is 0 Å². The van der Waals surface area contributed by atoms with Crippen LogP contribution in [-0.4, -0.2) is 25.8 Å². The van der Waals surface area contributed by atoms with Gasteiger partial charge in [0.1, 0.15) is 0 Å². The van der Waals surface area contributed by atoms with Crippen LogP contribution in [0.4, 0.5) is 0 Å². The third kappa shape index (κ3) is 8.02. The van der Waals surface area contributed by atoms with Gasteiger partial charge in [0.15, 0.2) is 0 Å². The molecule has 1 aromatic rings. The molecule has 2 heteroatoms. The van der Waals surface area contributed by atoms with Crippen molar-refractivity contribution in [1.29, 1.82) is 0 Å². The molecule has 0 aliphatic heterocycles. The van der Waals surface area contributed by atoms with E-state index in [1.54, 1.807) is 0 Å². The molecule has 108 valence electrons. The summed E-state index contributed by atoms with van der Waals surface area (Å²) in [5.74, 6) is 0. The van der Waals surface area contributed by atoms with Crippen LogP contribution in [0.1, 0.15) is 44.7 Å². The number of rotatable bonds is 10. The number of unbranched alkanes of at least 4 members (excludes halogenated alkanes) is 1. The summed E-state index contributed by atoms with van der Waals surface area (Å²) in [5, 5.41) is 3.35. The first kappa shape index (κ1) is 16.2. The highest BCUT2D eigenvalue weighted by molar-refractivity contribution is 5.22. The van der Waals surface area contributed by atoms with E-state index in [4.69, 9.17) is 4.74 Å². The van der Waals surface area contributed by atoms with Crippen molar-refractivity contribution in [3.8, 4) is 0 Å². The smallest absolute Gasteiger partial charge is 0.0591 e. The molecule has 0 saturated heterocycles. The van der Waals surface area contributed by atoms with Gasteiger partial charge in [0, 0.05) is 12.6 Å². The molecule has 19 heavy (non-hydrogen) atoms. The van der Waals surface area contributed by atoms with Crippen LogP contribution >= 0.6 is 0 Å². The van der Waals surface area contributed by atoms with Crippen LogP contribution in [0, 0.1) is 0 Å². The molecule has 0 fully saturated rings. The molecule has 0 unspecified atom stereocenters. The third-order valence-electron chi connectivity index (χ3n) is 3.18. The van der Waals surface area contributed by atoms with E-state index in [1.165, 1.54) is 30.4 Å². The summed E-state index contributed by atoms with van der Waals surface area (Å²) >= 11 is 0. The predicted molar refractivity (Wildman–Crippen MR) is 82.7 cm³/mol. The molecule has 0 aromatic heterocycles. The van der Waals surface area contributed by atoms with Crippen LogP contribution in [0.3, 0.4) is 0 Å². The molecule has 0 saturated carbocycles. The van der Waals surface area contributed by atoms with Gasteiger partial charge in [0.05, 0.1) is 13.2 Å². The fraction of sp³-hybridized carbons (Fsp3) is 0.647. The lowest BCUT2D eigenvalue weighted by Crippen LogP contribution is -2.26.